The molecule has 2 heterocycles. The fraction of sp³-hybridized carbons (Fsp3) is 0.385. The molecule has 1 fully saturated rings. The highest BCUT2D eigenvalue weighted by Crippen LogP contribution is 2.20. The van der Waals surface area contributed by atoms with E-state index in [0.717, 1.165) is 38.1 Å². The van der Waals surface area contributed by atoms with Gasteiger partial charge in [-0.3, -0.25) is 0 Å². The van der Waals surface area contributed by atoms with Crippen molar-refractivity contribution in [3.63, 3.8) is 0 Å². The van der Waals surface area contributed by atoms with Crippen LogP contribution in [0.15, 0.2) is 35.5 Å². The molecule has 1 aromatic heterocycles. The lowest BCUT2D eigenvalue weighted by atomic mass is 10.3. The highest BCUT2D eigenvalue weighted by molar-refractivity contribution is 7.90. The zero-order chi connectivity index (χ0) is 14.9. The Hall–Kier alpha value is -1.93. The Morgan fingerprint density at radius 2 is 1.81 bits per heavy atom. The van der Waals surface area contributed by atoms with E-state index in [4.69, 9.17) is 0 Å². The summed E-state index contributed by atoms with van der Waals surface area (Å²) in [5.41, 5.74) is 0.799. The topological polar surface area (TPSA) is 80.1 Å². The summed E-state index contributed by atoms with van der Waals surface area (Å²) >= 11 is 0. The summed E-state index contributed by atoms with van der Waals surface area (Å²) in [4.78, 5) is 6.29. The Bertz CT molecular complexity index is 720. The van der Waals surface area contributed by atoms with E-state index in [0.29, 0.717) is 5.95 Å². The molecule has 3 rings (SSSR count). The minimum atomic E-state index is -3.44. The molecule has 8 heteroatoms. The number of benzene rings is 1. The van der Waals surface area contributed by atoms with Crippen LogP contribution in [0, 0.1) is 0 Å². The van der Waals surface area contributed by atoms with E-state index in [2.05, 4.69) is 15.4 Å². The van der Waals surface area contributed by atoms with E-state index in [1.807, 2.05) is 35.2 Å². The third-order valence-electron chi connectivity index (χ3n) is 3.30. The van der Waals surface area contributed by atoms with Gasteiger partial charge < -0.3 is 10.2 Å². The van der Waals surface area contributed by atoms with Crippen molar-refractivity contribution in [3.8, 4) is 5.69 Å². The molecule has 0 radical (unpaired) electrons. The first-order chi connectivity index (χ1) is 10.1. The number of aromatic nitrogens is 3. The molecule has 112 valence electrons. The Balaban J connectivity index is 2.10. The van der Waals surface area contributed by atoms with E-state index < -0.39 is 9.84 Å². The zero-order valence-corrected chi connectivity index (χ0v) is 12.5. The molecule has 7 nitrogen and oxygen atoms in total. The highest BCUT2D eigenvalue weighted by atomic mass is 32.2. The number of hydrogen-bond donors (Lipinski definition) is 1. The molecule has 0 aliphatic carbocycles. The maximum absolute atomic E-state index is 11.7. The molecule has 0 spiro atoms. The van der Waals surface area contributed by atoms with Gasteiger partial charge in [0.25, 0.3) is 5.16 Å². The van der Waals surface area contributed by atoms with E-state index in [9.17, 15) is 8.42 Å². The van der Waals surface area contributed by atoms with Crippen LogP contribution in [0.4, 0.5) is 5.95 Å². The van der Waals surface area contributed by atoms with Gasteiger partial charge in [-0.25, -0.2) is 8.42 Å². The van der Waals surface area contributed by atoms with Crippen molar-refractivity contribution in [2.75, 3.05) is 37.3 Å². The molecule has 2 aromatic rings. The van der Waals surface area contributed by atoms with Gasteiger partial charge in [0, 0.05) is 32.4 Å². The molecule has 1 aromatic carbocycles. The van der Waals surface area contributed by atoms with Crippen LogP contribution in [0.5, 0.6) is 0 Å². The van der Waals surface area contributed by atoms with Gasteiger partial charge in [-0.15, -0.1) is 5.10 Å². The number of hydrogen-bond acceptors (Lipinski definition) is 6. The Morgan fingerprint density at radius 3 is 2.43 bits per heavy atom. The molecule has 1 N–H and O–H groups in total. The average molecular weight is 307 g/mol. The molecule has 0 bridgehead atoms. The summed E-state index contributed by atoms with van der Waals surface area (Å²) < 4.78 is 25.1. The first-order valence-electron chi connectivity index (χ1n) is 6.74. The number of anilines is 1. The molecule has 0 saturated carbocycles. The number of nitrogens with one attached hydrogen (secondary N) is 1. The van der Waals surface area contributed by atoms with Gasteiger partial charge in [0.15, 0.2) is 0 Å². The van der Waals surface area contributed by atoms with Crippen LogP contribution in [0.3, 0.4) is 0 Å². The van der Waals surface area contributed by atoms with E-state index in [1.165, 1.54) is 0 Å². The summed E-state index contributed by atoms with van der Waals surface area (Å²) in [6.07, 6.45) is 1.12. The van der Waals surface area contributed by atoms with Crippen LogP contribution >= 0.6 is 0 Å². The molecule has 0 atom stereocenters. The fourth-order valence-electron chi connectivity index (χ4n) is 2.25. The second kappa shape index (κ2) is 5.45. The first-order valence-corrected chi connectivity index (χ1v) is 8.63. The van der Waals surface area contributed by atoms with Crippen molar-refractivity contribution in [1.29, 1.82) is 0 Å². The summed E-state index contributed by atoms with van der Waals surface area (Å²) in [6, 6.07) is 9.44. The third-order valence-corrected chi connectivity index (χ3v) is 4.14. The summed E-state index contributed by atoms with van der Waals surface area (Å²) in [5.74, 6) is 0.572. The fourth-order valence-corrected chi connectivity index (χ4v) is 2.73. The van der Waals surface area contributed by atoms with E-state index in [-0.39, 0.29) is 5.16 Å². The quantitative estimate of drug-likeness (QED) is 0.865. The molecule has 0 amide bonds. The van der Waals surface area contributed by atoms with Crippen LogP contribution in [0.2, 0.25) is 0 Å². The smallest absolute Gasteiger partial charge is 0.268 e. The van der Waals surface area contributed by atoms with Gasteiger partial charge in [-0.1, -0.05) is 18.2 Å². The number of piperazine rings is 1. The normalized spacial score (nSPS) is 16.1. The first kappa shape index (κ1) is 14.0. The second-order valence-electron chi connectivity index (χ2n) is 4.95. The van der Waals surface area contributed by atoms with E-state index in [1.54, 1.807) is 4.68 Å². The zero-order valence-electron chi connectivity index (χ0n) is 11.7. The van der Waals surface area contributed by atoms with Gasteiger partial charge in [0.1, 0.15) is 0 Å². The number of nitrogens with zero attached hydrogens (tertiary/aromatic N) is 4. The average Bonchev–Trinajstić information content (AvgIpc) is 2.94. The predicted molar refractivity (Wildman–Crippen MR) is 79.6 cm³/mol. The number of rotatable bonds is 3. The van der Waals surface area contributed by atoms with Gasteiger partial charge >= 0.3 is 0 Å². The second-order valence-corrected chi connectivity index (χ2v) is 6.86. The summed E-state index contributed by atoms with van der Waals surface area (Å²) in [7, 11) is -3.44. The highest BCUT2D eigenvalue weighted by Gasteiger charge is 2.23. The van der Waals surface area contributed by atoms with Crippen molar-refractivity contribution in [1.82, 2.24) is 20.1 Å². The lowest BCUT2D eigenvalue weighted by Gasteiger charge is -2.28. The third kappa shape index (κ3) is 2.91. The standard InChI is InChI=1S/C13H17N5O2S/c1-21(19,20)12-15-13(17-9-7-14-8-10-17)18(16-12)11-5-3-2-4-6-11/h2-6,14H,7-10H2,1H3. The molecule has 21 heavy (non-hydrogen) atoms. The van der Waals surface area contributed by atoms with Crippen LogP contribution in [-0.4, -0.2) is 55.6 Å². The van der Waals surface area contributed by atoms with Crippen LogP contribution < -0.4 is 10.2 Å². The van der Waals surface area contributed by atoms with Crippen molar-refractivity contribution < 1.29 is 8.42 Å². The van der Waals surface area contributed by atoms with Gasteiger partial charge in [0.05, 0.1) is 5.69 Å². The van der Waals surface area contributed by atoms with Crippen molar-refractivity contribution >= 4 is 15.8 Å². The molecular formula is C13H17N5O2S. The van der Waals surface area contributed by atoms with E-state index >= 15 is 0 Å². The van der Waals surface area contributed by atoms with Gasteiger partial charge in [-0.05, 0) is 12.1 Å². The predicted octanol–water partition coefficient (Wildman–Crippen LogP) is 0.0804. The Labute approximate surface area is 123 Å². The lowest BCUT2D eigenvalue weighted by Crippen LogP contribution is -2.44. The molecule has 0 unspecified atom stereocenters. The maximum Gasteiger partial charge on any atom is 0.268 e. The molecular weight excluding hydrogens is 290 g/mol. The lowest BCUT2D eigenvalue weighted by molar-refractivity contribution is 0.575. The summed E-state index contributed by atoms with van der Waals surface area (Å²) in [6.45, 7) is 3.23. The van der Waals surface area contributed by atoms with Crippen molar-refractivity contribution in [2.45, 2.75) is 5.16 Å². The van der Waals surface area contributed by atoms with Crippen LogP contribution in [-0.2, 0) is 9.84 Å². The molecule has 1 aliphatic rings. The largest absolute Gasteiger partial charge is 0.338 e. The van der Waals surface area contributed by atoms with Gasteiger partial charge in [0.2, 0.25) is 15.8 Å². The summed E-state index contributed by atoms with van der Waals surface area (Å²) in [5, 5.41) is 7.31. The van der Waals surface area contributed by atoms with Crippen molar-refractivity contribution in [3.05, 3.63) is 30.3 Å². The number of sulfone groups is 1. The van der Waals surface area contributed by atoms with Crippen LogP contribution in [0.25, 0.3) is 5.69 Å². The SMILES string of the molecule is CS(=O)(=O)c1nc(N2CCNCC2)n(-c2ccccc2)n1. The Morgan fingerprint density at radius 1 is 1.14 bits per heavy atom. The minimum absolute atomic E-state index is 0.139. The van der Waals surface area contributed by atoms with Gasteiger partial charge in [-0.2, -0.15) is 9.67 Å². The Kier molecular flexibility index (Phi) is 3.64. The van der Waals surface area contributed by atoms with Crippen molar-refractivity contribution in [2.24, 2.45) is 0 Å². The molecule has 1 aliphatic heterocycles. The van der Waals surface area contributed by atoms with Crippen LogP contribution in [0.1, 0.15) is 0 Å². The number of para-hydroxylation sites is 1. The minimum Gasteiger partial charge on any atom is -0.338 e. The monoisotopic (exact) mass is 307 g/mol. The maximum atomic E-state index is 11.7. The molecule has 1 saturated heterocycles.